The van der Waals surface area contributed by atoms with Gasteiger partial charge in [-0.3, -0.25) is 4.79 Å². The van der Waals surface area contributed by atoms with Gasteiger partial charge in [0.05, 0.1) is 12.1 Å². The van der Waals surface area contributed by atoms with Gasteiger partial charge in [-0.25, -0.2) is 9.78 Å². The van der Waals surface area contributed by atoms with Crippen LogP contribution in [0.4, 0.5) is 0 Å². The Morgan fingerprint density at radius 3 is 2.50 bits per heavy atom. The third-order valence-electron chi connectivity index (χ3n) is 2.49. The normalized spacial score (nSPS) is 14.3. The van der Waals surface area contributed by atoms with E-state index in [0.29, 0.717) is 5.01 Å². The zero-order valence-electron chi connectivity index (χ0n) is 10.5. The van der Waals surface area contributed by atoms with Crippen LogP contribution in [0.3, 0.4) is 0 Å². The van der Waals surface area contributed by atoms with Crippen molar-refractivity contribution in [3.63, 3.8) is 0 Å². The molecule has 0 fully saturated rings. The Labute approximate surface area is 109 Å². The molecule has 0 bridgehead atoms. The molecule has 1 heterocycles. The van der Waals surface area contributed by atoms with Gasteiger partial charge in [0, 0.05) is 5.38 Å². The Balaban J connectivity index is 2.67. The second kappa shape index (κ2) is 5.92. The van der Waals surface area contributed by atoms with Crippen LogP contribution < -0.4 is 11.1 Å². The molecule has 1 rings (SSSR count). The first-order chi connectivity index (χ1) is 8.32. The minimum Gasteiger partial charge on any atom is -0.476 e. The Hall–Kier alpha value is -1.47. The van der Waals surface area contributed by atoms with E-state index in [1.54, 1.807) is 6.92 Å². The molecule has 1 amide bonds. The van der Waals surface area contributed by atoms with E-state index < -0.39 is 12.0 Å². The fourth-order valence-corrected chi connectivity index (χ4v) is 2.06. The number of amides is 1. The molecular formula is C11H17N3O3S. The molecule has 0 aromatic carbocycles. The average Bonchev–Trinajstić information content (AvgIpc) is 2.76. The van der Waals surface area contributed by atoms with Gasteiger partial charge in [0.1, 0.15) is 5.01 Å². The number of hydrogen-bond donors (Lipinski definition) is 3. The molecule has 100 valence electrons. The number of carbonyl (C=O) groups excluding carboxylic acids is 1. The van der Waals surface area contributed by atoms with Gasteiger partial charge in [0.25, 0.3) is 0 Å². The predicted octanol–water partition coefficient (Wildman–Crippen LogP) is 1.00. The molecule has 1 aromatic heterocycles. The zero-order chi connectivity index (χ0) is 13.9. The van der Waals surface area contributed by atoms with Crippen molar-refractivity contribution in [3.05, 3.63) is 16.1 Å². The highest BCUT2D eigenvalue weighted by atomic mass is 32.1. The van der Waals surface area contributed by atoms with E-state index >= 15 is 0 Å². The summed E-state index contributed by atoms with van der Waals surface area (Å²) in [6.07, 6.45) is 0. The maximum Gasteiger partial charge on any atom is 0.355 e. The molecule has 0 spiro atoms. The highest BCUT2D eigenvalue weighted by Crippen LogP contribution is 2.18. The summed E-state index contributed by atoms with van der Waals surface area (Å²) >= 11 is 1.20. The molecule has 0 aliphatic carbocycles. The molecule has 2 atom stereocenters. The maximum atomic E-state index is 11.7. The molecule has 0 aliphatic heterocycles. The number of aromatic carboxylic acids is 1. The van der Waals surface area contributed by atoms with Gasteiger partial charge < -0.3 is 16.2 Å². The number of carboxylic acids is 1. The topological polar surface area (TPSA) is 105 Å². The van der Waals surface area contributed by atoms with E-state index in [-0.39, 0.29) is 23.6 Å². The molecule has 7 heteroatoms. The van der Waals surface area contributed by atoms with E-state index in [4.69, 9.17) is 10.8 Å². The number of hydrogen-bond acceptors (Lipinski definition) is 5. The number of carbonyl (C=O) groups is 2. The van der Waals surface area contributed by atoms with E-state index in [1.807, 2.05) is 13.8 Å². The van der Waals surface area contributed by atoms with Crippen LogP contribution >= 0.6 is 11.3 Å². The fourth-order valence-electron chi connectivity index (χ4n) is 1.26. The van der Waals surface area contributed by atoms with E-state index in [0.717, 1.165) is 0 Å². The van der Waals surface area contributed by atoms with Crippen molar-refractivity contribution >= 4 is 23.2 Å². The summed E-state index contributed by atoms with van der Waals surface area (Å²) in [7, 11) is 0. The molecule has 0 aliphatic rings. The van der Waals surface area contributed by atoms with Crippen LogP contribution in [0.15, 0.2) is 5.38 Å². The van der Waals surface area contributed by atoms with E-state index in [1.165, 1.54) is 16.7 Å². The van der Waals surface area contributed by atoms with Crippen LogP contribution in [-0.4, -0.2) is 28.0 Å². The molecule has 18 heavy (non-hydrogen) atoms. The molecule has 1 aromatic rings. The first-order valence-electron chi connectivity index (χ1n) is 5.57. The second-order valence-electron chi connectivity index (χ2n) is 4.38. The molecule has 6 nitrogen and oxygen atoms in total. The van der Waals surface area contributed by atoms with Gasteiger partial charge in [-0.1, -0.05) is 13.8 Å². The van der Waals surface area contributed by atoms with Crippen molar-refractivity contribution in [2.75, 3.05) is 0 Å². The maximum absolute atomic E-state index is 11.7. The lowest BCUT2D eigenvalue weighted by Crippen LogP contribution is -2.44. The van der Waals surface area contributed by atoms with Crippen LogP contribution in [-0.2, 0) is 4.79 Å². The minimum atomic E-state index is -1.07. The van der Waals surface area contributed by atoms with Crippen LogP contribution in [0, 0.1) is 5.92 Å². The Morgan fingerprint density at radius 2 is 2.06 bits per heavy atom. The van der Waals surface area contributed by atoms with E-state index in [2.05, 4.69) is 10.3 Å². The lowest BCUT2D eigenvalue weighted by atomic mass is 10.0. The van der Waals surface area contributed by atoms with Crippen molar-refractivity contribution < 1.29 is 14.7 Å². The lowest BCUT2D eigenvalue weighted by molar-refractivity contribution is -0.123. The number of aromatic nitrogens is 1. The first-order valence-corrected chi connectivity index (χ1v) is 6.45. The average molecular weight is 271 g/mol. The molecule has 0 saturated carbocycles. The van der Waals surface area contributed by atoms with Gasteiger partial charge in [0.2, 0.25) is 5.91 Å². The van der Waals surface area contributed by atoms with Crippen molar-refractivity contribution in [3.8, 4) is 0 Å². The molecule has 0 saturated heterocycles. The summed E-state index contributed by atoms with van der Waals surface area (Å²) in [5.41, 5.74) is 5.71. The van der Waals surface area contributed by atoms with Gasteiger partial charge in [-0.05, 0) is 12.8 Å². The van der Waals surface area contributed by atoms with Gasteiger partial charge in [-0.2, -0.15) is 0 Å². The number of carboxylic acid groups (broad SMARTS) is 1. The summed E-state index contributed by atoms with van der Waals surface area (Å²) in [6.45, 7) is 5.47. The number of nitrogens with two attached hydrogens (primary N) is 1. The number of thiazole rings is 1. The number of nitrogens with zero attached hydrogens (tertiary/aromatic N) is 1. The summed E-state index contributed by atoms with van der Waals surface area (Å²) in [5.74, 6) is -1.29. The van der Waals surface area contributed by atoms with Crippen molar-refractivity contribution in [1.29, 1.82) is 0 Å². The highest BCUT2D eigenvalue weighted by molar-refractivity contribution is 7.09. The monoisotopic (exact) mass is 271 g/mol. The predicted molar refractivity (Wildman–Crippen MR) is 68.4 cm³/mol. The summed E-state index contributed by atoms with van der Waals surface area (Å²) in [4.78, 5) is 26.4. The third-order valence-corrected chi connectivity index (χ3v) is 3.52. The van der Waals surface area contributed by atoms with Crippen molar-refractivity contribution in [1.82, 2.24) is 10.3 Å². The van der Waals surface area contributed by atoms with Crippen LogP contribution in [0.25, 0.3) is 0 Å². The quantitative estimate of drug-likeness (QED) is 0.741. The highest BCUT2D eigenvalue weighted by Gasteiger charge is 2.21. The number of nitrogens with one attached hydrogen (secondary N) is 1. The minimum absolute atomic E-state index is 0.00995. The van der Waals surface area contributed by atoms with Gasteiger partial charge >= 0.3 is 5.97 Å². The second-order valence-corrected chi connectivity index (χ2v) is 5.27. The smallest absolute Gasteiger partial charge is 0.355 e. The Morgan fingerprint density at radius 1 is 1.44 bits per heavy atom. The SMILES string of the molecule is CC(NC(=O)[C@H](N)C(C)C)c1nc(C(=O)O)cs1. The first kappa shape index (κ1) is 14.6. The molecule has 1 unspecified atom stereocenters. The summed E-state index contributed by atoms with van der Waals surface area (Å²) < 4.78 is 0. The Bertz CT molecular complexity index is 444. The summed E-state index contributed by atoms with van der Waals surface area (Å²) in [5, 5.41) is 13.5. The van der Waals surface area contributed by atoms with Crippen LogP contribution in [0.1, 0.15) is 42.3 Å². The fraction of sp³-hybridized carbons (Fsp3) is 0.545. The Kier molecular flexibility index (Phi) is 4.80. The third kappa shape index (κ3) is 3.51. The lowest BCUT2D eigenvalue weighted by Gasteiger charge is -2.18. The standard InChI is InChI=1S/C11H17N3O3S/c1-5(2)8(12)9(15)13-6(3)10-14-7(4-18-10)11(16)17/h4-6,8H,12H2,1-3H3,(H,13,15)(H,16,17)/t6?,8-/m1/s1. The van der Waals surface area contributed by atoms with Gasteiger partial charge in [0.15, 0.2) is 5.69 Å². The molecule has 4 N–H and O–H groups in total. The van der Waals surface area contributed by atoms with Crippen LogP contribution in [0.2, 0.25) is 0 Å². The number of rotatable bonds is 5. The zero-order valence-corrected chi connectivity index (χ0v) is 11.3. The summed E-state index contributed by atoms with van der Waals surface area (Å²) in [6, 6.07) is -0.924. The van der Waals surface area contributed by atoms with E-state index in [9.17, 15) is 9.59 Å². The largest absolute Gasteiger partial charge is 0.476 e. The van der Waals surface area contributed by atoms with Crippen molar-refractivity contribution in [2.24, 2.45) is 11.7 Å². The molecular weight excluding hydrogens is 254 g/mol. The van der Waals surface area contributed by atoms with Gasteiger partial charge in [-0.15, -0.1) is 11.3 Å². The van der Waals surface area contributed by atoms with Crippen molar-refractivity contribution in [2.45, 2.75) is 32.9 Å². The molecule has 0 radical (unpaired) electrons. The van der Waals surface area contributed by atoms with Crippen LogP contribution in [0.5, 0.6) is 0 Å².